The van der Waals surface area contributed by atoms with Crippen LogP contribution in [0.3, 0.4) is 0 Å². The molecule has 0 unspecified atom stereocenters. The van der Waals surface area contributed by atoms with Gasteiger partial charge in [0.15, 0.2) is 0 Å². The predicted octanol–water partition coefficient (Wildman–Crippen LogP) is 1.76. The van der Waals surface area contributed by atoms with Gasteiger partial charge in [-0.2, -0.15) is 0 Å². The molecule has 1 spiro atoms. The monoisotopic (exact) mass is 417 g/mol. The molecule has 0 aliphatic carbocycles. The van der Waals surface area contributed by atoms with Crippen molar-refractivity contribution in [1.29, 1.82) is 0 Å². The number of hydrogen-bond acceptors (Lipinski definition) is 4. The van der Waals surface area contributed by atoms with E-state index in [0.29, 0.717) is 57.1 Å². The van der Waals surface area contributed by atoms with E-state index in [0.717, 1.165) is 0 Å². The van der Waals surface area contributed by atoms with E-state index in [1.165, 1.54) is 4.90 Å². The maximum Gasteiger partial charge on any atom is 0.321 e. The van der Waals surface area contributed by atoms with Crippen molar-refractivity contribution < 1.29 is 19.1 Å². The van der Waals surface area contributed by atoms with Crippen LogP contribution in [0.1, 0.15) is 13.3 Å². The molecule has 3 rings (SSSR count). The van der Waals surface area contributed by atoms with E-state index in [1.807, 2.05) is 24.0 Å². The van der Waals surface area contributed by atoms with Crippen LogP contribution in [-0.4, -0.2) is 98.0 Å². The molecule has 1 atom stereocenters. The fraction of sp³-hybridized carbons (Fsp3) is 0.571. The zero-order chi connectivity index (χ0) is 21.9. The highest BCUT2D eigenvalue weighted by molar-refractivity contribution is 5.90. The van der Waals surface area contributed by atoms with E-state index in [4.69, 9.17) is 4.74 Å². The molecule has 9 nitrogen and oxygen atoms in total. The van der Waals surface area contributed by atoms with E-state index in [-0.39, 0.29) is 18.0 Å². The number of rotatable bonds is 3. The summed E-state index contributed by atoms with van der Waals surface area (Å²) in [5.74, 6) is 0.729. The zero-order valence-electron chi connectivity index (χ0n) is 18.2. The number of likely N-dealkylation sites (tertiary alicyclic amines) is 1. The van der Waals surface area contributed by atoms with Crippen molar-refractivity contribution in [2.75, 3.05) is 65.8 Å². The molecule has 2 aliphatic heterocycles. The van der Waals surface area contributed by atoms with Gasteiger partial charge in [0.25, 0.3) is 0 Å². The lowest BCUT2D eigenvalue weighted by Crippen LogP contribution is -2.47. The van der Waals surface area contributed by atoms with Gasteiger partial charge < -0.3 is 29.7 Å². The molecule has 2 fully saturated rings. The summed E-state index contributed by atoms with van der Waals surface area (Å²) in [5, 5.41) is 2.92. The van der Waals surface area contributed by atoms with Crippen molar-refractivity contribution in [3.8, 4) is 5.75 Å². The van der Waals surface area contributed by atoms with Gasteiger partial charge in [-0.25, -0.2) is 9.59 Å². The van der Waals surface area contributed by atoms with Crippen molar-refractivity contribution in [2.24, 2.45) is 5.41 Å². The number of hydrogen-bond donors (Lipinski definition) is 1. The van der Waals surface area contributed by atoms with Crippen LogP contribution in [-0.2, 0) is 4.79 Å². The summed E-state index contributed by atoms with van der Waals surface area (Å²) in [6.07, 6.45) is 0.334. The average Bonchev–Trinajstić information content (AvgIpc) is 2.91. The molecule has 2 aliphatic rings. The number of nitrogens with one attached hydrogen (secondary N) is 1. The molecule has 2 saturated heterocycles. The van der Waals surface area contributed by atoms with Crippen LogP contribution in [0.5, 0.6) is 5.75 Å². The summed E-state index contributed by atoms with van der Waals surface area (Å²) in [7, 11) is 5.00. The first-order valence-corrected chi connectivity index (χ1v) is 10.2. The largest absolute Gasteiger partial charge is 0.497 e. The second kappa shape index (κ2) is 8.81. The number of benzene rings is 1. The van der Waals surface area contributed by atoms with Gasteiger partial charge in [-0.1, -0.05) is 6.07 Å². The van der Waals surface area contributed by atoms with E-state index in [2.05, 4.69) is 5.32 Å². The van der Waals surface area contributed by atoms with Crippen LogP contribution in [0.4, 0.5) is 15.3 Å². The molecule has 164 valence electrons. The molecule has 1 aromatic rings. The predicted molar refractivity (Wildman–Crippen MR) is 114 cm³/mol. The van der Waals surface area contributed by atoms with Crippen LogP contribution in [0, 0.1) is 5.41 Å². The van der Waals surface area contributed by atoms with Gasteiger partial charge in [0.2, 0.25) is 5.91 Å². The van der Waals surface area contributed by atoms with Gasteiger partial charge in [0.05, 0.1) is 7.11 Å². The van der Waals surface area contributed by atoms with E-state index in [9.17, 15) is 14.4 Å². The third-order valence-corrected chi connectivity index (χ3v) is 5.74. The first kappa shape index (κ1) is 21.7. The number of urea groups is 2. The van der Waals surface area contributed by atoms with Gasteiger partial charge >= 0.3 is 12.1 Å². The molecule has 1 N–H and O–H groups in total. The van der Waals surface area contributed by atoms with Gasteiger partial charge in [-0.05, 0) is 19.1 Å². The van der Waals surface area contributed by atoms with Gasteiger partial charge in [-0.15, -0.1) is 0 Å². The summed E-state index contributed by atoms with van der Waals surface area (Å²) in [5.41, 5.74) is 0.164. The van der Waals surface area contributed by atoms with Crippen molar-refractivity contribution in [1.82, 2.24) is 19.6 Å². The Morgan fingerprint density at radius 3 is 2.50 bits per heavy atom. The van der Waals surface area contributed by atoms with Crippen LogP contribution in [0.2, 0.25) is 0 Å². The van der Waals surface area contributed by atoms with Gasteiger partial charge in [0.1, 0.15) is 5.75 Å². The molecule has 0 bridgehead atoms. The SMILES string of the molecule is CCN1C[C@]2(CC1=O)CN(C(=O)Nc1cccc(OC)c1)CCN(C(=O)N(C)C)C2. The van der Waals surface area contributed by atoms with Crippen LogP contribution in [0.15, 0.2) is 24.3 Å². The highest BCUT2D eigenvalue weighted by Crippen LogP contribution is 2.35. The Morgan fingerprint density at radius 2 is 1.87 bits per heavy atom. The summed E-state index contributed by atoms with van der Waals surface area (Å²) >= 11 is 0. The molecule has 0 saturated carbocycles. The fourth-order valence-corrected chi connectivity index (χ4v) is 4.26. The minimum Gasteiger partial charge on any atom is -0.497 e. The summed E-state index contributed by atoms with van der Waals surface area (Å²) in [4.78, 5) is 45.1. The Balaban J connectivity index is 1.82. The normalized spacial score (nSPS) is 21.6. The number of carbonyl (C=O) groups is 3. The Morgan fingerprint density at radius 1 is 1.17 bits per heavy atom. The molecule has 0 aromatic heterocycles. The highest BCUT2D eigenvalue weighted by Gasteiger charge is 2.47. The Labute approximate surface area is 177 Å². The number of methoxy groups -OCH3 is 1. The first-order chi connectivity index (χ1) is 14.3. The highest BCUT2D eigenvalue weighted by atomic mass is 16.5. The number of carbonyl (C=O) groups excluding carboxylic acids is 3. The van der Waals surface area contributed by atoms with E-state index < -0.39 is 5.41 Å². The second-order valence-corrected chi connectivity index (χ2v) is 8.27. The van der Waals surface area contributed by atoms with Crippen molar-refractivity contribution in [3.63, 3.8) is 0 Å². The van der Waals surface area contributed by atoms with Crippen LogP contribution in [0.25, 0.3) is 0 Å². The molecular formula is C21H31N5O4. The third kappa shape index (κ3) is 4.60. The molecular weight excluding hydrogens is 386 g/mol. The summed E-state index contributed by atoms with van der Waals surface area (Å²) in [6.45, 7) is 4.81. The lowest BCUT2D eigenvalue weighted by Gasteiger charge is -2.34. The van der Waals surface area contributed by atoms with Crippen LogP contribution < -0.4 is 10.1 Å². The Hall–Kier alpha value is -2.97. The maximum atomic E-state index is 13.1. The molecule has 1 aromatic carbocycles. The minimum atomic E-state index is -0.471. The van der Waals surface area contributed by atoms with E-state index in [1.54, 1.807) is 43.1 Å². The smallest absolute Gasteiger partial charge is 0.321 e. The van der Waals surface area contributed by atoms with Crippen molar-refractivity contribution in [2.45, 2.75) is 13.3 Å². The molecule has 9 heteroatoms. The minimum absolute atomic E-state index is 0.0739. The third-order valence-electron chi connectivity index (χ3n) is 5.74. The number of amides is 5. The molecule has 5 amide bonds. The summed E-state index contributed by atoms with van der Waals surface area (Å²) in [6, 6.07) is 6.82. The number of ether oxygens (including phenoxy) is 1. The van der Waals surface area contributed by atoms with Gasteiger partial charge in [-0.3, -0.25) is 4.79 Å². The zero-order valence-corrected chi connectivity index (χ0v) is 18.2. The lowest BCUT2D eigenvalue weighted by atomic mass is 9.86. The van der Waals surface area contributed by atoms with E-state index >= 15 is 0 Å². The summed E-state index contributed by atoms with van der Waals surface area (Å²) < 4.78 is 5.22. The second-order valence-electron chi connectivity index (χ2n) is 8.27. The maximum absolute atomic E-state index is 13.1. The van der Waals surface area contributed by atoms with Crippen molar-refractivity contribution in [3.05, 3.63) is 24.3 Å². The molecule has 0 radical (unpaired) electrons. The van der Waals surface area contributed by atoms with Crippen LogP contribution >= 0.6 is 0 Å². The first-order valence-electron chi connectivity index (χ1n) is 10.2. The fourth-order valence-electron chi connectivity index (χ4n) is 4.26. The Kier molecular flexibility index (Phi) is 6.38. The molecule has 2 heterocycles. The number of anilines is 1. The topological polar surface area (TPSA) is 85.4 Å². The molecule has 30 heavy (non-hydrogen) atoms. The average molecular weight is 418 g/mol. The quantitative estimate of drug-likeness (QED) is 0.812. The van der Waals surface area contributed by atoms with Crippen molar-refractivity contribution >= 4 is 23.7 Å². The lowest BCUT2D eigenvalue weighted by molar-refractivity contribution is -0.127. The number of nitrogens with zero attached hydrogens (tertiary/aromatic N) is 4. The van der Waals surface area contributed by atoms with Gasteiger partial charge in [0, 0.05) is 77.0 Å². The Bertz CT molecular complexity index is 814. The standard InChI is InChI=1S/C21H31N5O4/c1-5-24-13-21(12-18(24)27)14-25(9-10-26(15-21)20(29)23(2)3)19(28)22-16-7-6-8-17(11-16)30-4/h6-8,11H,5,9-10,12-15H2,1-4H3,(H,22,28)/t21-/m1/s1.